The minimum atomic E-state index is 0.437. The van der Waals surface area contributed by atoms with E-state index in [1.54, 1.807) is 5.56 Å². The molecule has 0 bridgehead atoms. The normalized spacial score (nSPS) is 23.1. The Morgan fingerprint density at radius 2 is 1.78 bits per heavy atom. The largest absolute Gasteiger partial charge is 0.316 e. The Bertz CT molecular complexity index is 395. The van der Waals surface area contributed by atoms with Crippen molar-refractivity contribution in [2.45, 2.75) is 44.9 Å². The molecule has 1 aromatic carbocycles. The average molecular weight is 243 g/mol. The van der Waals surface area contributed by atoms with Crippen LogP contribution >= 0.6 is 0 Å². The van der Waals surface area contributed by atoms with Gasteiger partial charge in [-0.1, -0.05) is 44.2 Å². The zero-order chi connectivity index (χ0) is 12.6. The lowest BCUT2D eigenvalue weighted by Gasteiger charge is -2.49. The second-order valence-corrected chi connectivity index (χ2v) is 7.02. The van der Waals surface area contributed by atoms with Gasteiger partial charge in [0.15, 0.2) is 0 Å². The minimum Gasteiger partial charge on any atom is -0.316 e. The number of hydrogen-bond donors (Lipinski definition) is 1. The molecule has 0 amide bonds. The van der Waals surface area contributed by atoms with Gasteiger partial charge in [0, 0.05) is 12.0 Å². The summed E-state index contributed by atoms with van der Waals surface area (Å²) in [5.74, 6) is 0.743. The van der Waals surface area contributed by atoms with Gasteiger partial charge in [0.25, 0.3) is 0 Å². The Morgan fingerprint density at radius 1 is 1.11 bits per heavy atom. The molecule has 0 atom stereocenters. The van der Waals surface area contributed by atoms with Gasteiger partial charge in [0.2, 0.25) is 0 Å². The Labute approximate surface area is 111 Å². The number of nitrogens with one attached hydrogen (secondary N) is 1. The van der Waals surface area contributed by atoms with Crippen molar-refractivity contribution in [2.24, 2.45) is 11.3 Å². The van der Waals surface area contributed by atoms with Gasteiger partial charge >= 0.3 is 0 Å². The van der Waals surface area contributed by atoms with E-state index in [0.717, 1.165) is 24.4 Å². The van der Waals surface area contributed by atoms with Gasteiger partial charge in [-0.2, -0.15) is 0 Å². The molecule has 1 aromatic rings. The number of rotatable bonds is 5. The van der Waals surface area contributed by atoms with Crippen molar-refractivity contribution in [2.75, 3.05) is 13.1 Å². The molecule has 0 unspecified atom stereocenters. The third-order valence-corrected chi connectivity index (χ3v) is 4.79. The van der Waals surface area contributed by atoms with Crippen LogP contribution in [-0.2, 0) is 5.41 Å². The second-order valence-electron chi connectivity index (χ2n) is 7.02. The third kappa shape index (κ3) is 2.21. The molecule has 3 rings (SSSR count). The molecule has 2 fully saturated rings. The molecule has 2 saturated carbocycles. The molecule has 0 radical (unpaired) electrons. The first-order chi connectivity index (χ1) is 8.64. The second kappa shape index (κ2) is 4.38. The summed E-state index contributed by atoms with van der Waals surface area (Å²) >= 11 is 0. The molecule has 0 saturated heterocycles. The van der Waals surface area contributed by atoms with E-state index in [9.17, 15) is 0 Å². The fraction of sp³-hybridized carbons (Fsp3) is 0.647. The molecule has 98 valence electrons. The molecule has 2 aliphatic carbocycles. The zero-order valence-corrected chi connectivity index (χ0v) is 11.7. The fourth-order valence-electron chi connectivity index (χ4n) is 3.74. The van der Waals surface area contributed by atoms with Gasteiger partial charge in [-0.05, 0) is 49.1 Å². The van der Waals surface area contributed by atoms with Crippen molar-refractivity contribution < 1.29 is 0 Å². The van der Waals surface area contributed by atoms with Gasteiger partial charge in [-0.25, -0.2) is 0 Å². The van der Waals surface area contributed by atoms with Crippen LogP contribution in [0.2, 0.25) is 0 Å². The van der Waals surface area contributed by atoms with Crippen LogP contribution in [0.3, 0.4) is 0 Å². The highest BCUT2D eigenvalue weighted by Gasteiger charge is 2.60. The van der Waals surface area contributed by atoms with E-state index in [0.29, 0.717) is 5.41 Å². The molecule has 18 heavy (non-hydrogen) atoms. The van der Waals surface area contributed by atoms with Crippen LogP contribution in [0.4, 0.5) is 0 Å². The molecule has 0 aromatic heterocycles. The summed E-state index contributed by atoms with van der Waals surface area (Å²) in [6.07, 6.45) is 5.78. The summed E-state index contributed by atoms with van der Waals surface area (Å²) < 4.78 is 0. The van der Waals surface area contributed by atoms with E-state index in [4.69, 9.17) is 0 Å². The van der Waals surface area contributed by atoms with Crippen molar-refractivity contribution in [3.05, 3.63) is 35.9 Å². The van der Waals surface area contributed by atoms with Crippen molar-refractivity contribution in [1.82, 2.24) is 5.32 Å². The maximum absolute atomic E-state index is 3.69. The first-order valence-electron chi connectivity index (χ1n) is 7.41. The van der Waals surface area contributed by atoms with Crippen molar-refractivity contribution >= 4 is 0 Å². The van der Waals surface area contributed by atoms with Crippen LogP contribution < -0.4 is 5.32 Å². The summed E-state index contributed by atoms with van der Waals surface area (Å²) in [6.45, 7) is 6.87. The summed E-state index contributed by atoms with van der Waals surface area (Å²) in [5, 5.41) is 3.69. The monoisotopic (exact) mass is 243 g/mol. The van der Waals surface area contributed by atoms with E-state index < -0.39 is 0 Å². The van der Waals surface area contributed by atoms with E-state index in [2.05, 4.69) is 49.5 Å². The van der Waals surface area contributed by atoms with Crippen LogP contribution in [0.25, 0.3) is 0 Å². The molecule has 2 aliphatic rings. The van der Waals surface area contributed by atoms with Crippen LogP contribution in [0.5, 0.6) is 0 Å². The van der Waals surface area contributed by atoms with Crippen molar-refractivity contribution in [3.63, 3.8) is 0 Å². The summed E-state index contributed by atoms with van der Waals surface area (Å²) in [6, 6.07) is 11.2. The third-order valence-electron chi connectivity index (χ3n) is 4.79. The lowest BCUT2D eigenvalue weighted by molar-refractivity contribution is 0.115. The van der Waals surface area contributed by atoms with Crippen LogP contribution in [0.15, 0.2) is 30.3 Å². The Kier molecular flexibility index (Phi) is 2.97. The predicted octanol–water partition coefficient (Wildman–Crippen LogP) is 3.74. The highest BCUT2D eigenvalue weighted by Crippen LogP contribution is 2.68. The first kappa shape index (κ1) is 12.2. The maximum atomic E-state index is 3.69. The zero-order valence-electron chi connectivity index (χ0n) is 11.7. The minimum absolute atomic E-state index is 0.437. The van der Waals surface area contributed by atoms with Crippen LogP contribution in [-0.4, -0.2) is 13.1 Å². The van der Waals surface area contributed by atoms with E-state index in [1.807, 2.05) is 0 Å². The first-order valence-corrected chi connectivity index (χ1v) is 7.41. The van der Waals surface area contributed by atoms with Gasteiger partial charge in [0.05, 0.1) is 0 Å². The smallest absolute Gasteiger partial charge is 0.00883 e. The topological polar surface area (TPSA) is 12.0 Å². The molecule has 0 heterocycles. The quantitative estimate of drug-likeness (QED) is 0.830. The van der Waals surface area contributed by atoms with Gasteiger partial charge < -0.3 is 5.32 Å². The Hall–Kier alpha value is -0.820. The fourth-order valence-corrected chi connectivity index (χ4v) is 3.74. The molecule has 1 nitrogen and oxygen atoms in total. The summed E-state index contributed by atoms with van der Waals surface area (Å²) in [7, 11) is 0. The lowest BCUT2D eigenvalue weighted by Crippen LogP contribution is -2.50. The van der Waals surface area contributed by atoms with Gasteiger partial charge in [-0.15, -0.1) is 0 Å². The molecular formula is C17H25N. The van der Waals surface area contributed by atoms with E-state index >= 15 is 0 Å². The molecule has 1 spiro atoms. The standard InChI is InChI=1S/C17H25N/c1-14(2)10-18-13-17(11-16(12-17)8-9-16)15-6-4-3-5-7-15/h3-7,14,18H,8-13H2,1-2H3. The lowest BCUT2D eigenvalue weighted by atomic mass is 9.56. The Balaban J connectivity index is 1.69. The van der Waals surface area contributed by atoms with E-state index in [1.165, 1.54) is 25.7 Å². The highest BCUT2D eigenvalue weighted by atomic mass is 14.9. The highest BCUT2D eigenvalue weighted by molar-refractivity contribution is 5.33. The SMILES string of the molecule is CC(C)CNCC1(c2ccccc2)CC2(CC2)C1. The van der Waals surface area contributed by atoms with Crippen molar-refractivity contribution in [3.8, 4) is 0 Å². The summed E-state index contributed by atoms with van der Waals surface area (Å²) in [5.41, 5.74) is 2.75. The molecule has 1 N–H and O–H groups in total. The van der Waals surface area contributed by atoms with E-state index in [-0.39, 0.29) is 0 Å². The average Bonchev–Trinajstić information content (AvgIpc) is 3.09. The number of benzene rings is 1. The van der Waals surface area contributed by atoms with Crippen LogP contribution in [0, 0.1) is 11.3 Å². The summed E-state index contributed by atoms with van der Waals surface area (Å²) in [4.78, 5) is 0. The van der Waals surface area contributed by atoms with Gasteiger partial charge in [-0.3, -0.25) is 0 Å². The maximum Gasteiger partial charge on any atom is 0.00883 e. The molecular weight excluding hydrogens is 218 g/mol. The molecule has 1 heteroatoms. The van der Waals surface area contributed by atoms with Gasteiger partial charge in [0.1, 0.15) is 0 Å². The number of hydrogen-bond acceptors (Lipinski definition) is 1. The Morgan fingerprint density at radius 3 is 2.33 bits per heavy atom. The van der Waals surface area contributed by atoms with Crippen LogP contribution in [0.1, 0.15) is 45.1 Å². The van der Waals surface area contributed by atoms with Crippen molar-refractivity contribution in [1.29, 1.82) is 0 Å². The predicted molar refractivity (Wildman–Crippen MR) is 76.7 cm³/mol. The molecule has 0 aliphatic heterocycles.